The molecule has 1 aromatic rings. The van der Waals surface area contributed by atoms with Gasteiger partial charge in [0.1, 0.15) is 5.82 Å². The summed E-state index contributed by atoms with van der Waals surface area (Å²) in [6, 6.07) is 3.53. The van der Waals surface area contributed by atoms with Crippen LogP contribution in [0, 0.1) is 5.92 Å². The third kappa shape index (κ3) is 6.62. The molecule has 2 heterocycles. The van der Waals surface area contributed by atoms with Gasteiger partial charge in [-0.25, -0.2) is 4.98 Å². The van der Waals surface area contributed by atoms with E-state index in [1.165, 1.54) is 0 Å². The lowest BCUT2D eigenvalue weighted by Crippen LogP contribution is -2.36. The Kier molecular flexibility index (Phi) is 8.63. The third-order valence-electron chi connectivity index (χ3n) is 3.38. The van der Waals surface area contributed by atoms with Crippen molar-refractivity contribution in [2.75, 3.05) is 52.3 Å². The number of nitrogens with one attached hydrogen (secondary N) is 2. The number of nitrogens with zero attached hydrogens (tertiary/aromatic N) is 2. The molecule has 0 saturated carbocycles. The van der Waals surface area contributed by atoms with Crippen molar-refractivity contribution in [1.29, 1.82) is 0 Å². The molecule has 0 radical (unpaired) electrons. The standard InChI is InChI=1S/C14H22N4O2.CH2O2/c1-15-13-12(4-3-5-16-13)14(19)17-8-11-9-18(2)6-7-20-10-11;2-1-3/h3-5,11H,6-10H2,1-2H3,(H,15,16)(H,17,19);1H,(H,2,3). The molecule has 1 fully saturated rings. The number of carboxylic acid groups (broad SMARTS) is 1. The molecule has 23 heavy (non-hydrogen) atoms. The SMILES string of the molecule is CNc1ncccc1C(=O)NCC1COCCN(C)C1.O=CO. The number of pyridine rings is 1. The van der Waals surface area contributed by atoms with Gasteiger partial charge in [-0.05, 0) is 19.2 Å². The average Bonchev–Trinajstić information content (AvgIpc) is 2.77. The maximum atomic E-state index is 12.2. The lowest BCUT2D eigenvalue weighted by molar-refractivity contribution is -0.122. The molecule has 1 amide bonds. The summed E-state index contributed by atoms with van der Waals surface area (Å²) in [6.45, 7) is 3.69. The number of carbonyl (C=O) groups excluding carboxylic acids is 1. The highest BCUT2D eigenvalue weighted by Crippen LogP contribution is 2.11. The van der Waals surface area contributed by atoms with Gasteiger partial charge in [-0.3, -0.25) is 9.59 Å². The van der Waals surface area contributed by atoms with Crippen LogP contribution in [-0.4, -0.2) is 74.3 Å². The van der Waals surface area contributed by atoms with Crippen molar-refractivity contribution in [3.8, 4) is 0 Å². The van der Waals surface area contributed by atoms with Gasteiger partial charge in [0.15, 0.2) is 0 Å². The number of aromatic nitrogens is 1. The monoisotopic (exact) mass is 324 g/mol. The van der Waals surface area contributed by atoms with Crippen molar-refractivity contribution in [1.82, 2.24) is 15.2 Å². The summed E-state index contributed by atoms with van der Waals surface area (Å²) in [4.78, 5) is 26.9. The summed E-state index contributed by atoms with van der Waals surface area (Å²) >= 11 is 0. The highest BCUT2D eigenvalue weighted by atomic mass is 16.5. The number of carbonyl (C=O) groups is 2. The quantitative estimate of drug-likeness (QED) is 0.676. The van der Waals surface area contributed by atoms with E-state index in [0.29, 0.717) is 30.5 Å². The first-order chi connectivity index (χ1) is 11.1. The topological polar surface area (TPSA) is 104 Å². The van der Waals surface area contributed by atoms with Crippen LogP contribution in [0.4, 0.5) is 5.82 Å². The van der Waals surface area contributed by atoms with Crippen molar-refractivity contribution >= 4 is 18.2 Å². The number of anilines is 1. The van der Waals surface area contributed by atoms with E-state index in [1.807, 2.05) is 0 Å². The molecule has 1 unspecified atom stereocenters. The zero-order valence-corrected chi connectivity index (χ0v) is 13.5. The molecule has 128 valence electrons. The zero-order valence-electron chi connectivity index (χ0n) is 13.5. The minimum absolute atomic E-state index is 0.102. The fourth-order valence-electron chi connectivity index (χ4n) is 2.30. The molecule has 1 aliphatic heterocycles. The smallest absolute Gasteiger partial charge is 0.290 e. The molecule has 0 bridgehead atoms. The Hall–Kier alpha value is -2.19. The Morgan fingerprint density at radius 1 is 1.61 bits per heavy atom. The Balaban J connectivity index is 0.000000816. The summed E-state index contributed by atoms with van der Waals surface area (Å²) in [5.41, 5.74) is 0.567. The van der Waals surface area contributed by atoms with E-state index in [2.05, 4.69) is 27.6 Å². The van der Waals surface area contributed by atoms with Gasteiger partial charge in [0.25, 0.3) is 12.4 Å². The second kappa shape index (κ2) is 10.5. The van der Waals surface area contributed by atoms with Crippen molar-refractivity contribution in [3.63, 3.8) is 0 Å². The van der Waals surface area contributed by atoms with E-state index in [4.69, 9.17) is 14.6 Å². The number of hydrogen-bond acceptors (Lipinski definition) is 6. The second-order valence-corrected chi connectivity index (χ2v) is 5.17. The summed E-state index contributed by atoms with van der Waals surface area (Å²) in [7, 11) is 3.83. The molecular weight excluding hydrogens is 300 g/mol. The van der Waals surface area contributed by atoms with E-state index in [-0.39, 0.29) is 12.4 Å². The average molecular weight is 324 g/mol. The minimum Gasteiger partial charge on any atom is -0.483 e. The van der Waals surface area contributed by atoms with Crippen LogP contribution in [0.2, 0.25) is 0 Å². The number of likely N-dealkylation sites (N-methyl/N-ethyl adjacent to an activating group) is 1. The van der Waals surface area contributed by atoms with Gasteiger partial charge in [0, 0.05) is 38.8 Å². The van der Waals surface area contributed by atoms with E-state index < -0.39 is 0 Å². The molecule has 1 aliphatic rings. The molecule has 8 heteroatoms. The van der Waals surface area contributed by atoms with Crippen LogP contribution >= 0.6 is 0 Å². The maximum Gasteiger partial charge on any atom is 0.290 e. The summed E-state index contributed by atoms with van der Waals surface area (Å²) < 4.78 is 5.54. The fourth-order valence-corrected chi connectivity index (χ4v) is 2.30. The molecule has 1 atom stereocenters. The number of hydrogen-bond donors (Lipinski definition) is 3. The van der Waals surface area contributed by atoms with E-state index >= 15 is 0 Å². The van der Waals surface area contributed by atoms with Crippen molar-refractivity contribution in [2.45, 2.75) is 0 Å². The van der Waals surface area contributed by atoms with Crippen LogP contribution < -0.4 is 10.6 Å². The first kappa shape index (κ1) is 18.9. The van der Waals surface area contributed by atoms with E-state index in [9.17, 15) is 4.79 Å². The molecule has 1 aromatic heterocycles. The molecule has 0 aliphatic carbocycles. The lowest BCUT2D eigenvalue weighted by atomic mass is 10.1. The molecule has 8 nitrogen and oxygen atoms in total. The van der Waals surface area contributed by atoms with Crippen LogP contribution in [0.1, 0.15) is 10.4 Å². The lowest BCUT2D eigenvalue weighted by Gasteiger charge is -2.19. The molecule has 0 spiro atoms. The van der Waals surface area contributed by atoms with Gasteiger partial charge in [0.05, 0.1) is 18.8 Å². The van der Waals surface area contributed by atoms with Gasteiger partial charge in [-0.15, -0.1) is 0 Å². The highest BCUT2D eigenvalue weighted by molar-refractivity contribution is 5.98. The number of ether oxygens (including phenoxy) is 1. The first-order valence-electron chi connectivity index (χ1n) is 7.37. The summed E-state index contributed by atoms with van der Waals surface area (Å²) in [5.74, 6) is 0.815. The second-order valence-electron chi connectivity index (χ2n) is 5.17. The van der Waals surface area contributed by atoms with E-state index in [0.717, 1.165) is 19.7 Å². The predicted molar refractivity (Wildman–Crippen MR) is 86.6 cm³/mol. The van der Waals surface area contributed by atoms with E-state index in [1.54, 1.807) is 25.4 Å². The predicted octanol–water partition coefficient (Wildman–Crippen LogP) is 0.132. The molecule has 1 saturated heterocycles. The molecule has 3 N–H and O–H groups in total. The van der Waals surface area contributed by atoms with Crippen molar-refractivity contribution in [3.05, 3.63) is 23.9 Å². The van der Waals surface area contributed by atoms with Crippen LogP contribution in [0.5, 0.6) is 0 Å². The van der Waals surface area contributed by atoms with Crippen molar-refractivity contribution in [2.24, 2.45) is 5.92 Å². The molecule has 2 rings (SSSR count). The highest BCUT2D eigenvalue weighted by Gasteiger charge is 2.18. The first-order valence-corrected chi connectivity index (χ1v) is 7.37. The molecule has 0 aromatic carbocycles. The van der Waals surface area contributed by atoms with Crippen LogP contribution in [0.3, 0.4) is 0 Å². The van der Waals surface area contributed by atoms with Gasteiger partial charge < -0.3 is 25.4 Å². The summed E-state index contributed by atoms with van der Waals surface area (Å²) in [5, 5.41) is 12.8. The summed E-state index contributed by atoms with van der Waals surface area (Å²) in [6.07, 6.45) is 1.66. The Labute approximate surface area is 135 Å². The Morgan fingerprint density at radius 2 is 2.35 bits per heavy atom. The van der Waals surface area contributed by atoms with Crippen LogP contribution in [0.25, 0.3) is 0 Å². The normalized spacial score (nSPS) is 18.1. The van der Waals surface area contributed by atoms with Crippen molar-refractivity contribution < 1.29 is 19.4 Å². The van der Waals surface area contributed by atoms with Gasteiger partial charge in [-0.1, -0.05) is 0 Å². The van der Waals surface area contributed by atoms with Gasteiger partial charge in [0.2, 0.25) is 0 Å². The Bertz CT molecular complexity index is 498. The fraction of sp³-hybridized carbons (Fsp3) is 0.533. The zero-order chi connectivity index (χ0) is 17.1. The van der Waals surface area contributed by atoms with Crippen LogP contribution in [-0.2, 0) is 9.53 Å². The van der Waals surface area contributed by atoms with Gasteiger partial charge >= 0.3 is 0 Å². The van der Waals surface area contributed by atoms with Crippen LogP contribution in [0.15, 0.2) is 18.3 Å². The Morgan fingerprint density at radius 3 is 3.04 bits per heavy atom. The number of amides is 1. The number of rotatable bonds is 4. The third-order valence-corrected chi connectivity index (χ3v) is 3.38. The van der Waals surface area contributed by atoms with Gasteiger partial charge in [-0.2, -0.15) is 0 Å². The maximum absolute atomic E-state index is 12.2. The largest absolute Gasteiger partial charge is 0.483 e. The molecular formula is C15H24N4O4. The minimum atomic E-state index is -0.250.